The van der Waals surface area contributed by atoms with Crippen molar-refractivity contribution < 1.29 is 34.0 Å². The monoisotopic (exact) mass is 698 g/mol. The Bertz CT molecular complexity index is 1580. The summed E-state index contributed by atoms with van der Waals surface area (Å²) in [5, 5.41) is 53.6. The summed E-state index contributed by atoms with van der Waals surface area (Å²) in [4.78, 5) is 24.3. The molecule has 0 unspecified atom stereocenters. The number of benzene rings is 1. The summed E-state index contributed by atoms with van der Waals surface area (Å²) in [6, 6.07) is 11.0. The van der Waals surface area contributed by atoms with Crippen molar-refractivity contribution in [1.29, 1.82) is 15.8 Å². The minimum atomic E-state index is -1.39. The number of thiophene rings is 1. The highest BCUT2D eigenvalue weighted by molar-refractivity contribution is 7.17. The number of hydrogen-bond donors (Lipinski definition) is 2. The summed E-state index contributed by atoms with van der Waals surface area (Å²) in [5.41, 5.74) is 1.75. The van der Waals surface area contributed by atoms with Crippen LogP contribution in [0.15, 0.2) is 46.2 Å². The predicted octanol–water partition coefficient (Wildman–Crippen LogP) is 6.64. The van der Waals surface area contributed by atoms with Gasteiger partial charge in [0, 0.05) is 24.9 Å². The molecule has 48 heavy (non-hydrogen) atoms. The zero-order valence-corrected chi connectivity index (χ0v) is 28.9. The topological polar surface area (TPSA) is 202 Å². The molecule has 0 fully saturated rings. The van der Waals surface area contributed by atoms with Gasteiger partial charge in [-0.3, -0.25) is 0 Å². The highest BCUT2D eigenvalue weighted by atomic mass is 35.5. The first-order valence-corrected chi connectivity index (χ1v) is 16.0. The summed E-state index contributed by atoms with van der Waals surface area (Å²) in [6.45, 7) is 14.0. The number of anilines is 1. The van der Waals surface area contributed by atoms with Crippen LogP contribution in [0.5, 0.6) is 0 Å². The summed E-state index contributed by atoms with van der Waals surface area (Å²) >= 11 is 7.15. The fraction of sp³-hybridized carbons (Fsp3) is 0.424. The molecule has 15 heteroatoms. The number of aliphatic hydroxyl groups is 1. The number of carboxylic acids is 1. The molecule has 0 aliphatic carbocycles. The third-order valence-electron chi connectivity index (χ3n) is 6.18. The van der Waals surface area contributed by atoms with E-state index in [4.69, 9.17) is 41.4 Å². The highest BCUT2D eigenvalue weighted by Crippen LogP contribution is 2.41. The Morgan fingerprint density at radius 1 is 1.10 bits per heavy atom. The van der Waals surface area contributed by atoms with Crippen molar-refractivity contribution in [2.75, 3.05) is 51.1 Å². The van der Waals surface area contributed by atoms with Crippen molar-refractivity contribution in [3.63, 3.8) is 0 Å². The van der Waals surface area contributed by atoms with Gasteiger partial charge < -0.3 is 29.3 Å². The smallest absolute Gasteiger partial charge is 0.348 e. The van der Waals surface area contributed by atoms with Crippen molar-refractivity contribution in [1.82, 2.24) is 0 Å². The van der Waals surface area contributed by atoms with E-state index in [1.165, 1.54) is 0 Å². The van der Waals surface area contributed by atoms with E-state index in [9.17, 15) is 20.0 Å². The molecule has 0 atom stereocenters. The Labute approximate surface area is 289 Å². The lowest BCUT2D eigenvalue weighted by Crippen LogP contribution is -2.33. The van der Waals surface area contributed by atoms with Gasteiger partial charge in [-0.2, -0.15) is 15.8 Å². The number of unbranched alkanes of at least 4 members (excludes halogenated alkanes) is 1. The van der Waals surface area contributed by atoms with Crippen LogP contribution in [0.4, 0.5) is 16.4 Å². The third-order valence-corrected chi connectivity index (χ3v) is 7.70. The maximum absolute atomic E-state index is 11.1. The lowest BCUT2D eigenvalue weighted by Gasteiger charge is -2.28. The van der Waals surface area contributed by atoms with Crippen LogP contribution < -0.4 is 4.90 Å². The van der Waals surface area contributed by atoms with Crippen LogP contribution >= 0.6 is 22.9 Å². The Balaban J connectivity index is 0.000000576. The molecule has 2 aromatic rings. The van der Waals surface area contributed by atoms with Gasteiger partial charge in [0.25, 0.3) is 0 Å². The van der Waals surface area contributed by atoms with Gasteiger partial charge in [-0.25, -0.2) is 9.59 Å². The number of esters is 1. The zero-order chi connectivity index (χ0) is 36.1. The first-order chi connectivity index (χ1) is 22.9. The maximum atomic E-state index is 11.1. The van der Waals surface area contributed by atoms with Crippen LogP contribution in [-0.4, -0.2) is 74.4 Å². The summed E-state index contributed by atoms with van der Waals surface area (Å²) in [6.07, 6.45) is 3.27. The van der Waals surface area contributed by atoms with Crippen LogP contribution in [0.3, 0.4) is 0 Å². The molecule has 2 N–H and O–H groups in total. The number of carbonyl (C=O) groups excluding carboxylic acids is 1. The Hall–Kier alpha value is -4.62. The van der Waals surface area contributed by atoms with Crippen molar-refractivity contribution >= 4 is 57.3 Å². The summed E-state index contributed by atoms with van der Waals surface area (Å²) < 4.78 is 15.1. The standard InChI is InChI=1S/C21H20ClN5O3S.C12H19NO4/c1-12(2)27(6-7-28)15-4-5-17(13(3)8-15)25-26-20-16(11-24)19(22)18(31-20)9-14(10-23)21(29)30;1-3-4-5-15-6-7-16-8-9-17-12(14)11(2)10-13/h4-5,8-9,12,28H,6-7H2,1-3H3,(H,29,30);2-9H2,1H3/b14-9+,26-25+;. The summed E-state index contributed by atoms with van der Waals surface area (Å²) in [7, 11) is 0. The van der Waals surface area contributed by atoms with E-state index in [0.29, 0.717) is 32.1 Å². The molecule has 0 saturated carbocycles. The number of carbonyl (C=O) groups is 2. The third kappa shape index (κ3) is 14.0. The molecule has 2 rings (SSSR count). The lowest BCUT2D eigenvalue weighted by molar-refractivity contribution is -0.140. The molecule has 1 heterocycles. The molecule has 0 spiro atoms. The van der Waals surface area contributed by atoms with Gasteiger partial charge in [-0.1, -0.05) is 31.5 Å². The van der Waals surface area contributed by atoms with Crippen LogP contribution in [0.1, 0.15) is 49.6 Å². The number of aliphatic hydroxyl groups excluding tert-OH is 1. The fourth-order valence-electron chi connectivity index (χ4n) is 3.67. The molecule has 0 radical (unpaired) electrons. The maximum Gasteiger partial charge on any atom is 0.348 e. The Kier molecular flexibility index (Phi) is 19.7. The summed E-state index contributed by atoms with van der Waals surface area (Å²) in [5.74, 6) is -2.09. The van der Waals surface area contributed by atoms with Gasteiger partial charge in [0.2, 0.25) is 0 Å². The van der Waals surface area contributed by atoms with Gasteiger partial charge in [-0.05, 0) is 57.0 Å². The second kappa shape index (κ2) is 22.8. The number of nitriles is 3. The van der Waals surface area contributed by atoms with E-state index >= 15 is 0 Å². The number of azo groups is 1. The number of nitrogens with zero attached hydrogens (tertiary/aromatic N) is 6. The molecular formula is C33H39ClN6O7S. The quantitative estimate of drug-likeness (QED) is 0.0555. The number of aliphatic carboxylic acids is 1. The molecule has 13 nitrogen and oxygen atoms in total. The molecule has 1 aromatic carbocycles. The fourth-order valence-corrected chi connectivity index (χ4v) is 4.93. The van der Waals surface area contributed by atoms with E-state index in [0.717, 1.165) is 48.1 Å². The molecule has 0 bridgehead atoms. The first kappa shape index (κ1) is 41.4. The normalized spacial score (nSPS) is 10.9. The number of rotatable bonds is 18. The van der Waals surface area contributed by atoms with Crippen molar-refractivity contribution in [2.45, 2.75) is 46.6 Å². The van der Waals surface area contributed by atoms with Crippen molar-refractivity contribution in [3.8, 4) is 18.2 Å². The van der Waals surface area contributed by atoms with Crippen molar-refractivity contribution in [2.24, 2.45) is 10.2 Å². The van der Waals surface area contributed by atoms with E-state index in [1.54, 1.807) is 18.2 Å². The first-order valence-electron chi connectivity index (χ1n) is 14.8. The molecule has 0 aliphatic rings. The highest BCUT2D eigenvalue weighted by Gasteiger charge is 2.18. The molecule has 0 aliphatic heterocycles. The van der Waals surface area contributed by atoms with E-state index in [-0.39, 0.29) is 45.3 Å². The van der Waals surface area contributed by atoms with Crippen LogP contribution in [0.25, 0.3) is 6.08 Å². The largest absolute Gasteiger partial charge is 0.477 e. The average molecular weight is 699 g/mol. The van der Waals surface area contributed by atoms with E-state index in [2.05, 4.69) is 28.6 Å². The number of hydrogen-bond acceptors (Lipinski definition) is 13. The number of carboxylic acid groups (broad SMARTS) is 1. The van der Waals surface area contributed by atoms with Gasteiger partial charge in [0.05, 0.1) is 42.0 Å². The van der Waals surface area contributed by atoms with Gasteiger partial charge in [0.15, 0.2) is 5.00 Å². The molecule has 0 amide bonds. The van der Waals surface area contributed by atoms with Gasteiger partial charge in [0.1, 0.15) is 41.5 Å². The van der Waals surface area contributed by atoms with Gasteiger partial charge >= 0.3 is 11.9 Å². The average Bonchev–Trinajstić information content (AvgIpc) is 3.37. The number of ether oxygens (including phenoxy) is 3. The van der Waals surface area contributed by atoms with Crippen LogP contribution in [0.2, 0.25) is 5.02 Å². The molecule has 0 saturated heterocycles. The van der Waals surface area contributed by atoms with E-state index in [1.807, 2.05) is 39.0 Å². The predicted molar refractivity (Wildman–Crippen MR) is 182 cm³/mol. The molecule has 1 aromatic heterocycles. The zero-order valence-electron chi connectivity index (χ0n) is 27.4. The second-order valence-electron chi connectivity index (χ2n) is 10.0. The molecular weight excluding hydrogens is 660 g/mol. The Morgan fingerprint density at radius 3 is 2.31 bits per heavy atom. The van der Waals surface area contributed by atoms with Gasteiger partial charge in [-0.15, -0.1) is 21.6 Å². The second-order valence-corrected chi connectivity index (χ2v) is 11.4. The van der Waals surface area contributed by atoms with E-state index < -0.39 is 17.5 Å². The lowest BCUT2D eigenvalue weighted by atomic mass is 10.1. The minimum Gasteiger partial charge on any atom is -0.477 e. The Morgan fingerprint density at radius 2 is 1.77 bits per heavy atom. The SMILES string of the molecule is C=C(C#N)C(=O)OCCOCCOCCCC.Cc1cc(N(CCO)C(C)C)ccc1/N=N/c1sc(/C=C(\C#N)C(=O)O)c(Cl)c1C#N. The number of aryl methyl sites for hydroxylation is 1. The van der Waals surface area contributed by atoms with Crippen molar-refractivity contribution in [3.05, 3.63) is 57.0 Å². The van der Waals surface area contributed by atoms with Crippen LogP contribution in [0, 0.1) is 40.9 Å². The molecule has 256 valence electrons. The minimum absolute atomic E-state index is 0.0269. The van der Waals surface area contributed by atoms with Crippen LogP contribution in [-0.2, 0) is 23.8 Å². The number of halogens is 1.